The molecule has 0 aromatic heterocycles. The number of nitrogens with one attached hydrogen (secondary N) is 1. The standard InChI is InChI=1S/C13H21Cl3N2O8/c1-7(19)23-4-10(25-6-17)11(21)9(26-8(2)20)3-18-12(22)24-5-13(14,15)16/h9-11,21H,3-6,17H2,1-2H3,(H,18,22)/t9-,10?,11+/m1/s1. The van der Waals surface area contributed by atoms with Crippen LogP contribution in [0, 0.1) is 0 Å². The normalized spacial score (nSPS) is 14.7. The van der Waals surface area contributed by atoms with Gasteiger partial charge in [-0.15, -0.1) is 0 Å². The molecule has 0 bridgehead atoms. The summed E-state index contributed by atoms with van der Waals surface area (Å²) in [6.07, 6.45) is -4.81. The molecule has 13 heteroatoms. The van der Waals surface area contributed by atoms with Gasteiger partial charge in [-0.25, -0.2) is 4.79 Å². The van der Waals surface area contributed by atoms with Gasteiger partial charge in [-0.05, 0) is 0 Å². The van der Waals surface area contributed by atoms with Crippen molar-refractivity contribution in [2.24, 2.45) is 5.73 Å². The average molecular weight is 440 g/mol. The maximum Gasteiger partial charge on any atom is 0.407 e. The summed E-state index contributed by atoms with van der Waals surface area (Å²) in [5.41, 5.74) is 5.27. The summed E-state index contributed by atoms with van der Waals surface area (Å²) in [5.74, 6) is -1.34. The van der Waals surface area contributed by atoms with Crippen molar-refractivity contribution in [2.75, 3.05) is 26.5 Å². The second-order valence-electron chi connectivity index (χ2n) is 4.89. The highest BCUT2D eigenvalue weighted by Crippen LogP contribution is 2.25. The fourth-order valence-corrected chi connectivity index (χ4v) is 1.80. The number of hydrogen-bond donors (Lipinski definition) is 3. The van der Waals surface area contributed by atoms with E-state index in [9.17, 15) is 19.5 Å². The Kier molecular flexibility index (Phi) is 11.9. The van der Waals surface area contributed by atoms with Crippen LogP contribution < -0.4 is 11.1 Å². The fourth-order valence-electron chi connectivity index (χ4n) is 1.64. The van der Waals surface area contributed by atoms with E-state index in [0.29, 0.717) is 0 Å². The highest BCUT2D eigenvalue weighted by Gasteiger charge is 2.32. The van der Waals surface area contributed by atoms with Gasteiger partial charge in [0.1, 0.15) is 31.5 Å². The molecule has 152 valence electrons. The quantitative estimate of drug-likeness (QED) is 0.188. The van der Waals surface area contributed by atoms with Gasteiger partial charge >= 0.3 is 18.0 Å². The number of nitrogens with two attached hydrogens (primary N) is 1. The topological polar surface area (TPSA) is 146 Å². The van der Waals surface area contributed by atoms with Crippen molar-refractivity contribution in [3.63, 3.8) is 0 Å². The molecule has 0 aromatic carbocycles. The maximum atomic E-state index is 11.6. The molecule has 0 heterocycles. The lowest BCUT2D eigenvalue weighted by atomic mass is 10.1. The average Bonchev–Trinajstić information content (AvgIpc) is 2.51. The molecule has 0 spiro atoms. The van der Waals surface area contributed by atoms with Gasteiger partial charge < -0.3 is 35.1 Å². The molecular weight excluding hydrogens is 419 g/mol. The number of carbonyl (C=O) groups is 3. The van der Waals surface area contributed by atoms with Crippen LogP contribution in [0.15, 0.2) is 0 Å². The summed E-state index contributed by atoms with van der Waals surface area (Å²) in [7, 11) is 0. The fraction of sp³-hybridized carbons (Fsp3) is 0.769. The number of alkyl halides is 3. The lowest BCUT2D eigenvalue weighted by Crippen LogP contribution is -2.49. The van der Waals surface area contributed by atoms with Gasteiger partial charge in [0.2, 0.25) is 3.79 Å². The summed E-state index contributed by atoms with van der Waals surface area (Å²) in [6.45, 7) is 0.751. The molecule has 1 amide bonds. The third-order valence-corrected chi connectivity index (χ3v) is 2.98. The Morgan fingerprint density at radius 3 is 2.19 bits per heavy atom. The molecule has 4 N–H and O–H groups in total. The first kappa shape index (κ1) is 25.0. The van der Waals surface area contributed by atoms with Gasteiger partial charge in [0.15, 0.2) is 0 Å². The number of halogens is 3. The van der Waals surface area contributed by atoms with E-state index in [1.54, 1.807) is 0 Å². The molecule has 0 aliphatic rings. The van der Waals surface area contributed by atoms with Crippen molar-refractivity contribution < 1.29 is 38.4 Å². The van der Waals surface area contributed by atoms with E-state index < -0.39 is 46.7 Å². The number of hydrogen-bond acceptors (Lipinski definition) is 9. The summed E-state index contributed by atoms with van der Waals surface area (Å²) in [6, 6.07) is 0. The number of esters is 2. The van der Waals surface area contributed by atoms with Crippen molar-refractivity contribution >= 4 is 52.8 Å². The van der Waals surface area contributed by atoms with E-state index in [0.717, 1.165) is 13.8 Å². The summed E-state index contributed by atoms with van der Waals surface area (Å²) < 4.78 is 17.6. The molecular formula is C13H21Cl3N2O8. The summed E-state index contributed by atoms with van der Waals surface area (Å²) >= 11 is 16.3. The SMILES string of the molecule is CC(=O)OCC(OCN)[C@@H](O)[C@@H](CNC(=O)OCC(Cl)(Cl)Cl)OC(C)=O. The predicted octanol–water partition coefficient (Wildman–Crippen LogP) is 0.240. The third-order valence-electron chi connectivity index (χ3n) is 2.65. The first-order valence-corrected chi connectivity index (χ1v) is 8.37. The Bertz CT molecular complexity index is 475. The van der Waals surface area contributed by atoms with Gasteiger partial charge in [0, 0.05) is 13.8 Å². The van der Waals surface area contributed by atoms with Crippen LogP contribution in [0.2, 0.25) is 0 Å². The minimum absolute atomic E-state index is 0.297. The van der Waals surface area contributed by atoms with Gasteiger partial charge in [0.05, 0.1) is 13.3 Å². The van der Waals surface area contributed by atoms with Crippen LogP contribution >= 0.6 is 34.8 Å². The number of carbonyl (C=O) groups excluding carboxylic acids is 3. The monoisotopic (exact) mass is 438 g/mol. The van der Waals surface area contributed by atoms with Crippen LogP contribution in [0.5, 0.6) is 0 Å². The van der Waals surface area contributed by atoms with E-state index in [1.165, 1.54) is 0 Å². The molecule has 0 fully saturated rings. The van der Waals surface area contributed by atoms with E-state index in [1.807, 2.05) is 0 Å². The molecule has 0 aliphatic heterocycles. The largest absolute Gasteiger partial charge is 0.463 e. The second kappa shape index (κ2) is 12.4. The van der Waals surface area contributed by atoms with Gasteiger partial charge in [-0.2, -0.15) is 0 Å². The molecule has 0 radical (unpaired) electrons. The highest BCUT2D eigenvalue weighted by molar-refractivity contribution is 6.67. The lowest BCUT2D eigenvalue weighted by Gasteiger charge is -2.28. The van der Waals surface area contributed by atoms with Crippen LogP contribution in [-0.2, 0) is 28.5 Å². The van der Waals surface area contributed by atoms with Crippen LogP contribution in [0.25, 0.3) is 0 Å². The minimum Gasteiger partial charge on any atom is -0.463 e. The number of rotatable bonds is 10. The first-order valence-electron chi connectivity index (χ1n) is 7.24. The van der Waals surface area contributed by atoms with E-state index in [-0.39, 0.29) is 19.9 Å². The number of alkyl carbamates (subject to hydrolysis) is 1. The molecule has 0 saturated carbocycles. The Morgan fingerprint density at radius 2 is 1.73 bits per heavy atom. The van der Waals surface area contributed by atoms with Crippen molar-refractivity contribution in [1.82, 2.24) is 5.32 Å². The van der Waals surface area contributed by atoms with E-state index in [2.05, 4.69) is 10.1 Å². The second-order valence-corrected chi connectivity index (χ2v) is 7.40. The van der Waals surface area contributed by atoms with Crippen LogP contribution in [0.4, 0.5) is 4.79 Å². The van der Waals surface area contributed by atoms with E-state index in [4.69, 9.17) is 54.7 Å². The van der Waals surface area contributed by atoms with Crippen LogP contribution in [0.3, 0.4) is 0 Å². The molecule has 26 heavy (non-hydrogen) atoms. The zero-order chi connectivity index (χ0) is 20.3. The first-order chi connectivity index (χ1) is 12.0. The minimum atomic E-state index is -1.80. The number of ether oxygens (including phenoxy) is 4. The molecule has 3 atom stereocenters. The Morgan fingerprint density at radius 1 is 1.12 bits per heavy atom. The lowest BCUT2D eigenvalue weighted by molar-refractivity contribution is -0.167. The summed E-state index contributed by atoms with van der Waals surface area (Å²) in [4.78, 5) is 33.7. The number of aliphatic hydroxyl groups excluding tert-OH is 1. The Labute approximate surface area is 165 Å². The van der Waals surface area contributed by atoms with Crippen molar-refractivity contribution in [3.8, 4) is 0 Å². The maximum absolute atomic E-state index is 11.6. The van der Waals surface area contributed by atoms with Crippen molar-refractivity contribution in [2.45, 2.75) is 36.0 Å². The zero-order valence-electron chi connectivity index (χ0n) is 14.1. The van der Waals surface area contributed by atoms with Crippen molar-refractivity contribution in [3.05, 3.63) is 0 Å². The van der Waals surface area contributed by atoms with Gasteiger partial charge in [-0.3, -0.25) is 9.59 Å². The van der Waals surface area contributed by atoms with Crippen molar-refractivity contribution in [1.29, 1.82) is 0 Å². The van der Waals surface area contributed by atoms with E-state index >= 15 is 0 Å². The van der Waals surface area contributed by atoms with Crippen LogP contribution in [-0.4, -0.2) is 71.7 Å². The number of amides is 1. The molecule has 1 unspecified atom stereocenters. The van der Waals surface area contributed by atoms with Crippen LogP contribution in [0.1, 0.15) is 13.8 Å². The van der Waals surface area contributed by atoms with Gasteiger partial charge in [0.25, 0.3) is 0 Å². The predicted molar refractivity (Wildman–Crippen MR) is 91.8 cm³/mol. The Hall–Kier alpha value is -1.04. The Balaban J connectivity index is 4.83. The third kappa shape index (κ3) is 12.3. The van der Waals surface area contributed by atoms with Gasteiger partial charge in [-0.1, -0.05) is 34.8 Å². The molecule has 0 aromatic rings. The molecule has 10 nitrogen and oxygen atoms in total. The zero-order valence-corrected chi connectivity index (χ0v) is 16.3. The molecule has 0 rings (SSSR count). The molecule has 0 saturated heterocycles. The highest BCUT2D eigenvalue weighted by atomic mass is 35.6. The smallest absolute Gasteiger partial charge is 0.407 e. The molecule has 0 aliphatic carbocycles. The number of aliphatic hydroxyl groups is 1. The summed E-state index contributed by atoms with van der Waals surface area (Å²) in [5, 5.41) is 12.6.